The van der Waals surface area contributed by atoms with Gasteiger partial charge in [-0.2, -0.15) is 0 Å². The number of anilines is 1. The molecule has 1 heterocycles. The summed E-state index contributed by atoms with van der Waals surface area (Å²) in [7, 11) is -3.81. The Labute approximate surface area is 156 Å². The molecule has 8 heteroatoms. The van der Waals surface area contributed by atoms with Crippen LogP contribution in [0.25, 0.3) is 0 Å². The predicted molar refractivity (Wildman–Crippen MR) is 101 cm³/mol. The van der Waals surface area contributed by atoms with Crippen LogP contribution in [0.5, 0.6) is 0 Å². The SMILES string of the molecule is CSc1ccccc1NC(=O)CCCN1C(=O)c2ccccc2S1(=O)=O. The summed E-state index contributed by atoms with van der Waals surface area (Å²) >= 11 is 1.53. The fraction of sp³-hybridized carbons (Fsp3) is 0.222. The highest BCUT2D eigenvalue weighted by atomic mass is 32.2. The van der Waals surface area contributed by atoms with Gasteiger partial charge in [0.25, 0.3) is 15.9 Å². The predicted octanol–water partition coefficient (Wildman–Crippen LogP) is 2.97. The molecule has 0 spiro atoms. The van der Waals surface area contributed by atoms with Gasteiger partial charge in [-0.15, -0.1) is 11.8 Å². The number of sulfonamides is 1. The number of hydrogen-bond donors (Lipinski definition) is 1. The third kappa shape index (κ3) is 3.47. The van der Waals surface area contributed by atoms with Crippen LogP contribution in [0.4, 0.5) is 5.69 Å². The number of carbonyl (C=O) groups is 2. The summed E-state index contributed by atoms with van der Waals surface area (Å²) in [6.07, 6.45) is 2.30. The van der Waals surface area contributed by atoms with E-state index in [-0.39, 0.29) is 35.8 Å². The van der Waals surface area contributed by atoms with Gasteiger partial charge >= 0.3 is 0 Å². The molecule has 0 saturated heterocycles. The first-order valence-corrected chi connectivity index (χ1v) is 10.7. The molecule has 0 fully saturated rings. The smallest absolute Gasteiger partial charge is 0.269 e. The molecule has 1 aliphatic rings. The third-order valence-electron chi connectivity index (χ3n) is 4.06. The highest BCUT2D eigenvalue weighted by Crippen LogP contribution is 2.30. The van der Waals surface area contributed by atoms with Crippen molar-refractivity contribution in [1.29, 1.82) is 0 Å². The van der Waals surface area contributed by atoms with E-state index < -0.39 is 15.9 Å². The molecule has 0 aromatic heterocycles. The molecule has 136 valence electrons. The zero-order valence-corrected chi connectivity index (χ0v) is 15.8. The van der Waals surface area contributed by atoms with Crippen LogP contribution in [0.2, 0.25) is 0 Å². The third-order valence-corrected chi connectivity index (χ3v) is 6.69. The summed E-state index contributed by atoms with van der Waals surface area (Å²) in [4.78, 5) is 25.4. The first-order valence-electron chi connectivity index (χ1n) is 8.04. The van der Waals surface area contributed by atoms with E-state index in [0.717, 1.165) is 14.9 Å². The number of amides is 2. The summed E-state index contributed by atoms with van der Waals surface area (Å²) < 4.78 is 25.7. The average molecular weight is 390 g/mol. The summed E-state index contributed by atoms with van der Waals surface area (Å²) in [6.45, 7) is -0.0204. The fourth-order valence-electron chi connectivity index (χ4n) is 2.80. The van der Waals surface area contributed by atoms with Crippen molar-refractivity contribution in [2.45, 2.75) is 22.6 Å². The van der Waals surface area contributed by atoms with Gasteiger partial charge in [-0.25, -0.2) is 12.7 Å². The highest BCUT2D eigenvalue weighted by Gasteiger charge is 2.40. The van der Waals surface area contributed by atoms with Crippen LogP contribution in [0.1, 0.15) is 23.2 Å². The van der Waals surface area contributed by atoms with Crippen LogP contribution in [-0.4, -0.2) is 37.3 Å². The standard InChI is InChI=1S/C18H18N2O4S2/c1-25-15-9-4-3-8-14(15)19-17(21)11-6-12-20-18(22)13-7-2-5-10-16(13)26(20,23)24/h2-5,7-10H,6,11-12H2,1H3,(H,19,21). The Kier molecular flexibility index (Phi) is 5.33. The Morgan fingerprint density at radius 2 is 1.81 bits per heavy atom. The molecule has 0 radical (unpaired) electrons. The molecule has 0 aliphatic carbocycles. The van der Waals surface area contributed by atoms with Crippen molar-refractivity contribution < 1.29 is 18.0 Å². The molecule has 0 atom stereocenters. The number of nitrogens with one attached hydrogen (secondary N) is 1. The van der Waals surface area contributed by atoms with Crippen molar-refractivity contribution in [1.82, 2.24) is 4.31 Å². The van der Waals surface area contributed by atoms with Crippen molar-refractivity contribution in [2.24, 2.45) is 0 Å². The molecule has 0 saturated carbocycles. The Bertz CT molecular complexity index is 957. The molecule has 0 unspecified atom stereocenters. The minimum atomic E-state index is -3.81. The van der Waals surface area contributed by atoms with Gasteiger partial charge < -0.3 is 5.32 Å². The van der Waals surface area contributed by atoms with Crippen molar-refractivity contribution in [3.63, 3.8) is 0 Å². The van der Waals surface area contributed by atoms with Crippen molar-refractivity contribution in [3.05, 3.63) is 54.1 Å². The Hall–Kier alpha value is -2.32. The molecule has 0 bridgehead atoms. The highest BCUT2D eigenvalue weighted by molar-refractivity contribution is 7.98. The molecule has 3 rings (SSSR count). The number of carbonyl (C=O) groups excluding carboxylic acids is 2. The van der Waals surface area contributed by atoms with Crippen LogP contribution in [0, 0.1) is 0 Å². The maximum absolute atomic E-state index is 12.4. The minimum absolute atomic E-state index is 0.0204. The van der Waals surface area contributed by atoms with Crippen LogP contribution >= 0.6 is 11.8 Å². The monoisotopic (exact) mass is 390 g/mol. The van der Waals surface area contributed by atoms with E-state index >= 15 is 0 Å². The quantitative estimate of drug-likeness (QED) is 0.767. The molecule has 1 N–H and O–H groups in total. The molecular formula is C18H18N2O4S2. The van der Waals surface area contributed by atoms with E-state index in [4.69, 9.17) is 0 Å². The van der Waals surface area contributed by atoms with Crippen LogP contribution in [-0.2, 0) is 14.8 Å². The van der Waals surface area contributed by atoms with E-state index in [0.29, 0.717) is 0 Å². The molecule has 26 heavy (non-hydrogen) atoms. The van der Waals surface area contributed by atoms with Crippen LogP contribution in [0.15, 0.2) is 58.3 Å². The van der Waals surface area contributed by atoms with Crippen molar-refractivity contribution >= 4 is 39.3 Å². The normalized spacial score (nSPS) is 15.0. The van der Waals surface area contributed by atoms with Crippen molar-refractivity contribution in [2.75, 3.05) is 18.1 Å². The maximum atomic E-state index is 12.4. The lowest BCUT2D eigenvalue weighted by atomic mass is 10.2. The zero-order chi connectivity index (χ0) is 18.7. The molecule has 2 aromatic rings. The molecule has 6 nitrogen and oxygen atoms in total. The Morgan fingerprint density at radius 1 is 1.12 bits per heavy atom. The van der Waals surface area contributed by atoms with Crippen molar-refractivity contribution in [3.8, 4) is 0 Å². The number of nitrogens with zero attached hydrogens (tertiary/aromatic N) is 1. The average Bonchev–Trinajstić information content (AvgIpc) is 2.83. The molecular weight excluding hydrogens is 372 g/mol. The first kappa shape index (κ1) is 18.5. The number of thioether (sulfide) groups is 1. The van der Waals surface area contributed by atoms with Gasteiger partial charge in [-0.1, -0.05) is 24.3 Å². The van der Waals surface area contributed by atoms with E-state index in [1.54, 1.807) is 12.1 Å². The Balaban J connectivity index is 1.60. The number of fused-ring (bicyclic) bond motifs is 1. The van der Waals surface area contributed by atoms with Gasteiger partial charge in [0.05, 0.1) is 11.3 Å². The van der Waals surface area contributed by atoms with E-state index in [2.05, 4.69) is 5.32 Å². The lowest BCUT2D eigenvalue weighted by Crippen LogP contribution is -2.31. The second kappa shape index (κ2) is 7.51. The minimum Gasteiger partial charge on any atom is -0.325 e. The second-order valence-electron chi connectivity index (χ2n) is 5.73. The first-order chi connectivity index (χ1) is 12.4. The molecule has 2 aromatic carbocycles. The molecule has 2 amide bonds. The number of benzene rings is 2. The largest absolute Gasteiger partial charge is 0.325 e. The number of para-hydroxylation sites is 1. The van der Waals surface area contributed by atoms with Gasteiger partial charge in [0, 0.05) is 17.9 Å². The fourth-order valence-corrected chi connectivity index (χ4v) is 4.96. The van der Waals surface area contributed by atoms with E-state index in [9.17, 15) is 18.0 Å². The number of hydrogen-bond acceptors (Lipinski definition) is 5. The topological polar surface area (TPSA) is 83.6 Å². The zero-order valence-electron chi connectivity index (χ0n) is 14.1. The van der Waals surface area contributed by atoms with Crippen LogP contribution < -0.4 is 5.32 Å². The second-order valence-corrected chi connectivity index (χ2v) is 8.41. The summed E-state index contributed by atoms with van der Waals surface area (Å²) in [6, 6.07) is 13.6. The van der Waals surface area contributed by atoms with Gasteiger partial charge in [-0.3, -0.25) is 9.59 Å². The van der Waals surface area contributed by atoms with E-state index in [1.807, 2.05) is 30.5 Å². The maximum Gasteiger partial charge on any atom is 0.269 e. The lowest BCUT2D eigenvalue weighted by molar-refractivity contribution is -0.116. The number of rotatable bonds is 6. The Morgan fingerprint density at radius 3 is 2.54 bits per heavy atom. The van der Waals surface area contributed by atoms with Crippen LogP contribution in [0.3, 0.4) is 0 Å². The lowest BCUT2D eigenvalue weighted by Gasteiger charge is -2.15. The summed E-state index contributed by atoms with van der Waals surface area (Å²) in [5, 5.41) is 2.82. The summed E-state index contributed by atoms with van der Waals surface area (Å²) in [5.74, 6) is -0.748. The molecule has 1 aliphatic heterocycles. The van der Waals surface area contributed by atoms with Gasteiger partial charge in [-0.05, 0) is 36.9 Å². The van der Waals surface area contributed by atoms with Gasteiger partial charge in [0.1, 0.15) is 4.90 Å². The van der Waals surface area contributed by atoms with Gasteiger partial charge in [0.2, 0.25) is 5.91 Å². The van der Waals surface area contributed by atoms with Gasteiger partial charge in [0.15, 0.2) is 0 Å². The summed E-state index contributed by atoms with van der Waals surface area (Å²) in [5.41, 5.74) is 0.910. The van der Waals surface area contributed by atoms with E-state index in [1.165, 1.54) is 23.9 Å².